The van der Waals surface area contributed by atoms with Crippen LogP contribution in [0.3, 0.4) is 0 Å². The molecule has 0 saturated carbocycles. The highest BCUT2D eigenvalue weighted by atomic mass is 35.5. The summed E-state index contributed by atoms with van der Waals surface area (Å²) >= 11 is 0. The predicted molar refractivity (Wildman–Crippen MR) is 154 cm³/mol. The zero-order valence-corrected chi connectivity index (χ0v) is 23.0. The number of hydrogen-bond acceptors (Lipinski definition) is 8. The average molecular weight is 596 g/mol. The highest BCUT2D eigenvalue weighted by Crippen LogP contribution is 2.30. The lowest BCUT2D eigenvalue weighted by molar-refractivity contribution is -0.384. The molecule has 1 aromatic heterocycles. The van der Waals surface area contributed by atoms with Crippen molar-refractivity contribution in [2.24, 2.45) is 0 Å². The van der Waals surface area contributed by atoms with Crippen LogP contribution in [0.5, 0.6) is 0 Å². The van der Waals surface area contributed by atoms with E-state index >= 15 is 0 Å². The number of nitro benzene ring substituents is 1. The van der Waals surface area contributed by atoms with E-state index in [0.717, 1.165) is 11.1 Å². The summed E-state index contributed by atoms with van der Waals surface area (Å²) in [6, 6.07) is 19.9. The van der Waals surface area contributed by atoms with Crippen LogP contribution in [0.4, 0.5) is 5.69 Å². The number of halogens is 2. The van der Waals surface area contributed by atoms with Crippen LogP contribution in [0.2, 0.25) is 0 Å². The Morgan fingerprint density at radius 1 is 0.923 bits per heavy atom. The van der Waals surface area contributed by atoms with Crippen molar-refractivity contribution < 1.29 is 23.6 Å². The third-order valence-electron chi connectivity index (χ3n) is 5.87. The largest absolute Gasteiger partial charge is 0.389 e. The second-order valence-corrected chi connectivity index (χ2v) is 10.1. The van der Waals surface area contributed by atoms with Crippen molar-refractivity contribution in [3.63, 3.8) is 0 Å². The van der Waals surface area contributed by atoms with E-state index in [1.165, 1.54) is 24.3 Å². The summed E-state index contributed by atoms with van der Waals surface area (Å²) < 4.78 is 29.0. The van der Waals surface area contributed by atoms with Gasteiger partial charge in [-0.3, -0.25) is 15.1 Å². The molecule has 4 rings (SSSR count). The third-order valence-corrected chi connectivity index (χ3v) is 7.37. The van der Waals surface area contributed by atoms with E-state index < -0.39 is 27.2 Å². The van der Waals surface area contributed by atoms with Crippen molar-refractivity contribution in [1.29, 1.82) is 0 Å². The van der Waals surface area contributed by atoms with Gasteiger partial charge in [-0.05, 0) is 47.0 Å². The average Bonchev–Trinajstić information content (AvgIpc) is 2.92. The first-order valence-corrected chi connectivity index (χ1v) is 13.0. The smallest absolute Gasteiger partial charge is 0.269 e. The van der Waals surface area contributed by atoms with E-state index in [9.17, 15) is 28.7 Å². The van der Waals surface area contributed by atoms with E-state index in [1.807, 2.05) is 36.4 Å². The fourth-order valence-electron chi connectivity index (χ4n) is 3.92. The molecule has 1 heterocycles. The number of nitrogens with one attached hydrogen (secondary N) is 2. The van der Waals surface area contributed by atoms with Crippen LogP contribution in [0.15, 0.2) is 90.1 Å². The summed E-state index contributed by atoms with van der Waals surface area (Å²) in [6.45, 7) is 0.226. The lowest BCUT2D eigenvalue weighted by Crippen LogP contribution is -2.37. The second-order valence-electron chi connectivity index (χ2n) is 8.40. The summed E-state index contributed by atoms with van der Waals surface area (Å²) in [5.74, 6) is 0. The molecule has 0 aliphatic rings. The van der Waals surface area contributed by atoms with Crippen LogP contribution in [0.1, 0.15) is 11.7 Å². The van der Waals surface area contributed by atoms with Gasteiger partial charge in [0.2, 0.25) is 10.0 Å². The normalized spacial score (nSPS) is 12.7. The van der Waals surface area contributed by atoms with E-state index in [1.54, 1.807) is 24.5 Å². The molecule has 13 heteroatoms. The van der Waals surface area contributed by atoms with Gasteiger partial charge in [0.05, 0.1) is 15.9 Å². The molecule has 0 amide bonds. The fourth-order valence-corrected chi connectivity index (χ4v) is 5.21. The van der Waals surface area contributed by atoms with Crippen LogP contribution in [0, 0.1) is 10.1 Å². The number of aliphatic hydroxyl groups excluding tert-OH is 2. The molecule has 39 heavy (non-hydrogen) atoms. The number of sulfonamides is 1. The molecule has 0 bridgehead atoms. The first kappa shape index (κ1) is 32.1. The van der Waals surface area contributed by atoms with E-state index in [4.69, 9.17) is 0 Å². The molecule has 10 nitrogen and oxygen atoms in total. The molecule has 208 valence electrons. The van der Waals surface area contributed by atoms with Gasteiger partial charge < -0.3 is 15.5 Å². The van der Waals surface area contributed by atoms with Crippen molar-refractivity contribution in [3.05, 3.63) is 101 Å². The summed E-state index contributed by atoms with van der Waals surface area (Å²) in [5.41, 5.74) is 1.85. The van der Waals surface area contributed by atoms with Crippen LogP contribution < -0.4 is 10.0 Å². The SMILES string of the molecule is Cl.Cl.O=[N+]([O-])c1ccc(C(O)C(O)CNCCNS(=O)(=O)c2cc(-c3ccccc3)cc3cnccc23)cc1. The van der Waals surface area contributed by atoms with Gasteiger partial charge in [0, 0.05) is 54.9 Å². The molecule has 2 unspecified atom stereocenters. The molecule has 2 atom stereocenters. The minimum atomic E-state index is -3.87. The molecular weight excluding hydrogens is 567 g/mol. The number of aromatic nitrogens is 1. The van der Waals surface area contributed by atoms with E-state index in [0.29, 0.717) is 16.3 Å². The summed E-state index contributed by atoms with van der Waals surface area (Å²) in [4.78, 5) is 14.5. The summed E-state index contributed by atoms with van der Waals surface area (Å²) in [5, 5.41) is 35.5. The number of nitro groups is 1. The highest BCUT2D eigenvalue weighted by molar-refractivity contribution is 7.89. The number of hydrogen-bond donors (Lipinski definition) is 4. The van der Waals surface area contributed by atoms with Gasteiger partial charge in [-0.2, -0.15) is 0 Å². The molecule has 0 spiro atoms. The Morgan fingerprint density at radius 3 is 2.28 bits per heavy atom. The highest BCUT2D eigenvalue weighted by Gasteiger charge is 2.21. The summed E-state index contributed by atoms with van der Waals surface area (Å²) in [6.07, 6.45) is 0.714. The Kier molecular flexibility index (Phi) is 11.7. The number of nitrogens with zero attached hydrogens (tertiary/aromatic N) is 2. The van der Waals surface area contributed by atoms with Gasteiger partial charge in [0.15, 0.2) is 0 Å². The van der Waals surface area contributed by atoms with Gasteiger partial charge in [-0.1, -0.05) is 30.3 Å². The Bertz CT molecular complexity index is 1490. The maximum Gasteiger partial charge on any atom is 0.269 e. The van der Waals surface area contributed by atoms with E-state index in [2.05, 4.69) is 15.0 Å². The monoisotopic (exact) mass is 594 g/mol. The standard InChI is InChI=1S/C26H26N4O6S.2ClH/c31-24(26(32)19-6-8-22(9-7-19)30(33)34)17-28-12-13-29-37(35,36)25-15-20(18-4-2-1-3-5-18)14-21-16-27-11-10-23(21)25;;/h1-11,14-16,24,26,28-29,31-32H,12-13,17H2;2*1H. The fraction of sp³-hybridized carbons (Fsp3) is 0.192. The number of aliphatic hydroxyl groups is 2. The minimum absolute atomic E-state index is 0. The molecular formula is C26H28Cl2N4O6S. The zero-order chi connectivity index (χ0) is 26.4. The molecule has 0 aliphatic heterocycles. The quantitative estimate of drug-likeness (QED) is 0.117. The number of fused-ring (bicyclic) bond motifs is 1. The van der Waals surface area contributed by atoms with Gasteiger partial charge in [-0.25, -0.2) is 13.1 Å². The number of pyridine rings is 1. The van der Waals surface area contributed by atoms with Crippen molar-refractivity contribution in [1.82, 2.24) is 15.0 Å². The van der Waals surface area contributed by atoms with Gasteiger partial charge in [0.25, 0.3) is 5.69 Å². The second kappa shape index (κ2) is 14.3. The predicted octanol–water partition coefficient (Wildman–Crippen LogP) is 3.62. The van der Waals surface area contributed by atoms with Crippen molar-refractivity contribution >= 4 is 51.3 Å². The van der Waals surface area contributed by atoms with Crippen molar-refractivity contribution in [3.8, 4) is 11.1 Å². The van der Waals surface area contributed by atoms with Crippen LogP contribution in [0.25, 0.3) is 21.9 Å². The molecule has 0 aliphatic carbocycles. The van der Waals surface area contributed by atoms with Crippen LogP contribution in [-0.2, 0) is 10.0 Å². The zero-order valence-electron chi connectivity index (χ0n) is 20.5. The third kappa shape index (κ3) is 7.93. The first-order chi connectivity index (χ1) is 17.8. The maximum absolute atomic E-state index is 13.2. The molecule has 0 radical (unpaired) electrons. The Morgan fingerprint density at radius 2 is 1.62 bits per heavy atom. The Balaban J connectivity index is 0.00000267. The lowest BCUT2D eigenvalue weighted by atomic mass is 10.0. The summed E-state index contributed by atoms with van der Waals surface area (Å²) in [7, 11) is -3.87. The molecule has 4 aromatic rings. The van der Waals surface area contributed by atoms with Gasteiger partial charge in [-0.15, -0.1) is 24.8 Å². The molecule has 0 saturated heterocycles. The molecule has 3 aromatic carbocycles. The Labute approximate surface area is 238 Å². The Hall–Kier alpha value is -3.16. The number of rotatable bonds is 11. The first-order valence-electron chi connectivity index (χ1n) is 11.5. The van der Waals surface area contributed by atoms with Crippen molar-refractivity contribution in [2.75, 3.05) is 19.6 Å². The lowest BCUT2D eigenvalue weighted by Gasteiger charge is -2.19. The topological polar surface area (TPSA) is 155 Å². The maximum atomic E-state index is 13.2. The van der Waals surface area contributed by atoms with Crippen molar-refractivity contribution in [2.45, 2.75) is 17.1 Å². The van der Waals surface area contributed by atoms with Crippen LogP contribution in [-0.4, -0.2) is 54.3 Å². The van der Waals surface area contributed by atoms with Gasteiger partial charge >= 0.3 is 0 Å². The van der Waals surface area contributed by atoms with Gasteiger partial charge in [0.1, 0.15) is 6.10 Å². The number of benzene rings is 3. The molecule has 0 fully saturated rings. The molecule has 4 N–H and O–H groups in total. The number of non-ortho nitro benzene ring substituents is 1. The van der Waals surface area contributed by atoms with E-state index in [-0.39, 0.29) is 55.0 Å². The minimum Gasteiger partial charge on any atom is -0.389 e. The van der Waals surface area contributed by atoms with Crippen LogP contribution >= 0.6 is 24.8 Å².